The topological polar surface area (TPSA) is 260 Å². The molecule has 3 fully saturated rings. The predicted molar refractivity (Wildman–Crippen MR) is 193 cm³/mol. The third kappa shape index (κ3) is 6.87. The first-order valence-corrected chi connectivity index (χ1v) is 18.8. The van der Waals surface area contributed by atoms with Crippen LogP contribution in [-0.2, 0) is 61.9 Å². The number of hydrogen-bond acceptors (Lipinski definition) is 19. The molecule has 0 radical (unpaired) electrons. The quantitative estimate of drug-likeness (QED) is 0.293. The van der Waals surface area contributed by atoms with E-state index in [1.165, 1.54) is 50.5 Å². The van der Waals surface area contributed by atoms with Gasteiger partial charge < -0.3 is 48.1 Å². The van der Waals surface area contributed by atoms with Gasteiger partial charge in [0, 0.05) is 52.2 Å². The minimum absolute atomic E-state index is 0.0379. The van der Waals surface area contributed by atoms with E-state index in [-0.39, 0.29) is 16.8 Å². The molecule has 4 aliphatic rings. The molecule has 1 saturated heterocycles. The number of rotatable bonds is 7. The average Bonchev–Trinajstić information content (AvgIpc) is 3.39. The van der Waals surface area contributed by atoms with E-state index >= 15 is 0 Å². The number of carbonyl (C=O) groups excluding carboxylic acids is 7. The summed E-state index contributed by atoms with van der Waals surface area (Å²) in [6.07, 6.45) is -8.53. The zero-order valence-electron chi connectivity index (χ0n) is 33.6. The van der Waals surface area contributed by atoms with Gasteiger partial charge in [-0.25, -0.2) is 9.59 Å². The van der Waals surface area contributed by atoms with Crippen LogP contribution in [0, 0.1) is 17.3 Å². The Kier molecular flexibility index (Phi) is 11.4. The maximum absolute atomic E-state index is 14.3. The van der Waals surface area contributed by atoms with Crippen molar-refractivity contribution in [3.8, 4) is 0 Å². The van der Waals surface area contributed by atoms with Crippen LogP contribution in [0.5, 0.6) is 0 Å². The highest BCUT2D eigenvalue weighted by Gasteiger charge is 2.91. The van der Waals surface area contributed by atoms with Crippen molar-refractivity contribution in [3.05, 3.63) is 59.7 Å². The molecular weight excluding hydrogens is 780 g/mol. The van der Waals surface area contributed by atoms with Crippen molar-refractivity contribution < 1.29 is 81.7 Å². The average molecular weight is 827 g/mol. The van der Waals surface area contributed by atoms with Crippen LogP contribution >= 0.6 is 0 Å². The maximum Gasteiger partial charge on any atom is 0.340 e. The zero-order chi connectivity index (χ0) is 43.4. The molecule has 1 spiro atoms. The molecule has 2 aliphatic heterocycles. The second-order valence-electron chi connectivity index (χ2n) is 15.8. The number of ether oxygens (including phenoxy) is 8. The summed E-state index contributed by atoms with van der Waals surface area (Å²) < 4.78 is 48.7. The van der Waals surface area contributed by atoms with E-state index in [0.29, 0.717) is 0 Å². The monoisotopic (exact) mass is 826 g/mol. The molecule has 4 bridgehead atoms. The molecule has 59 heavy (non-hydrogen) atoms. The van der Waals surface area contributed by atoms with Gasteiger partial charge in [0.2, 0.25) is 0 Å². The van der Waals surface area contributed by atoms with Gasteiger partial charge in [0.05, 0.1) is 28.7 Å². The van der Waals surface area contributed by atoms with Crippen LogP contribution in [-0.4, -0.2) is 129 Å². The van der Waals surface area contributed by atoms with Gasteiger partial charge >= 0.3 is 41.8 Å². The van der Waals surface area contributed by atoms with Crippen molar-refractivity contribution in [2.75, 3.05) is 13.2 Å². The van der Waals surface area contributed by atoms with Gasteiger partial charge in [0.25, 0.3) is 0 Å². The number of nitrogens with zero attached hydrogens (tertiary/aromatic N) is 2. The minimum Gasteiger partial charge on any atom is -0.465 e. The number of pyridine rings is 2. The van der Waals surface area contributed by atoms with Gasteiger partial charge in [-0.1, -0.05) is 13.8 Å². The lowest BCUT2D eigenvalue weighted by Gasteiger charge is -2.67. The standard InChI is InChI=1S/C40H46N2O17/c1-18-19(2)34(48)57-31-28(47)32(58-35(49)24-11-9-13-41-15-24)39(17-52-20(3)43)33(56-23(6)46)29(54-21(4)44)26-30(55-22(5)45)40(39,38(31,8)51)59-37(26,7)16-53-36(50)25-12-10-14-42-27(18)25/h9-15,18-19,26,28-33,47,51H,16-17H2,1-8H3/t18-,19+,26?,28+,29+,30+,31-,32+,33+,37+,38-,39+,40-/m0/s1. The summed E-state index contributed by atoms with van der Waals surface area (Å²) in [4.78, 5) is 103. The van der Waals surface area contributed by atoms with E-state index in [1.54, 1.807) is 6.92 Å². The van der Waals surface area contributed by atoms with Gasteiger partial charge in [-0.15, -0.1) is 0 Å². The third-order valence-corrected chi connectivity index (χ3v) is 12.0. The van der Waals surface area contributed by atoms with Crippen molar-refractivity contribution in [1.82, 2.24) is 9.97 Å². The molecule has 1 unspecified atom stereocenters. The van der Waals surface area contributed by atoms with Crippen LogP contribution < -0.4 is 0 Å². The van der Waals surface area contributed by atoms with Gasteiger partial charge in [-0.05, 0) is 38.1 Å². The highest BCUT2D eigenvalue weighted by molar-refractivity contribution is 5.91. The van der Waals surface area contributed by atoms with Crippen molar-refractivity contribution in [1.29, 1.82) is 0 Å². The second-order valence-corrected chi connectivity index (χ2v) is 15.8. The molecule has 19 nitrogen and oxygen atoms in total. The third-order valence-electron chi connectivity index (χ3n) is 12.0. The Balaban J connectivity index is 1.76. The van der Waals surface area contributed by atoms with Crippen LogP contribution in [0.15, 0.2) is 42.9 Å². The molecule has 0 amide bonds. The molecule has 13 atom stereocenters. The number of cyclic esters (lactones) is 1. The summed E-state index contributed by atoms with van der Waals surface area (Å²) in [5, 5.41) is 26.0. The summed E-state index contributed by atoms with van der Waals surface area (Å²) in [5.74, 6) is -10.7. The van der Waals surface area contributed by atoms with Gasteiger partial charge in [0.1, 0.15) is 54.2 Å². The fourth-order valence-electron chi connectivity index (χ4n) is 9.45. The number of aromatic nitrogens is 2. The van der Waals surface area contributed by atoms with Crippen LogP contribution in [0.25, 0.3) is 0 Å². The second kappa shape index (κ2) is 15.6. The van der Waals surface area contributed by atoms with Crippen LogP contribution in [0.4, 0.5) is 0 Å². The number of aliphatic hydroxyl groups is 2. The number of esters is 7. The summed E-state index contributed by atoms with van der Waals surface area (Å²) in [7, 11) is 0. The van der Waals surface area contributed by atoms with E-state index in [0.717, 1.165) is 40.8 Å². The van der Waals surface area contributed by atoms with Gasteiger partial charge in [0.15, 0.2) is 17.8 Å². The fourth-order valence-corrected chi connectivity index (χ4v) is 9.45. The Labute approximate surface area is 337 Å². The predicted octanol–water partition coefficient (Wildman–Crippen LogP) is 1.15. The van der Waals surface area contributed by atoms with E-state index in [2.05, 4.69) is 9.97 Å². The van der Waals surface area contributed by atoms with Crippen molar-refractivity contribution in [2.45, 2.75) is 115 Å². The fraction of sp³-hybridized carbons (Fsp3) is 0.575. The zero-order valence-corrected chi connectivity index (χ0v) is 33.6. The normalized spacial score (nSPS) is 37.4. The lowest BCUT2D eigenvalue weighted by atomic mass is 9.45. The van der Waals surface area contributed by atoms with Crippen molar-refractivity contribution in [3.63, 3.8) is 0 Å². The molecule has 0 aromatic carbocycles. The molecule has 4 heterocycles. The van der Waals surface area contributed by atoms with E-state index in [4.69, 9.17) is 37.9 Å². The molecule has 6 rings (SSSR count). The van der Waals surface area contributed by atoms with E-state index in [1.807, 2.05) is 0 Å². The van der Waals surface area contributed by atoms with Crippen LogP contribution in [0.3, 0.4) is 0 Å². The SMILES string of the molecule is CC(=O)OC[C@]12[C@H](OC(=O)c3cccnc3)[C@H](O)[C@@H]3OC(=O)[C@H](C)[C@H](C)c4ncccc4C(=O)OC[C@@]4(C)O[C@@]1([C@H](OC(C)=O)C4[C@@H](OC(C)=O)[C@H]2OC(C)=O)[C@@]3(C)O. The van der Waals surface area contributed by atoms with E-state index < -0.39 is 132 Å². The van der Waals surface area contributed by atoms with Crippen LogP contribution in [0.1, 0.15) is 87.7 Å². The van der Waals surface area contributed by atoms with Crippen molar-refractivity contribution in [2.24, 2.45) is 17.3 Å². The summed E-state index contributed by atoms with van der Waals surface area (Å²) in [6, 6.07) is 5.63. The largest absolute Gasteiger partial charge is 0.465 e. The number of hydrogen-bond donors (Lipinski definition) is 2. The first-order valence-electron chi connectivity index (χ1n) is 18.8. The highest BCUT2D eigenvalue weighted by atomic mass is 16.7. The van der Waals surface area contributed by atoms with Crippen LogP contribution in [0.2, 0.25) is 0 Å². The summed E-state index contributed by atoms with van der Waals surface area (Å²) in [5.41, 5.74) is -10.4. The van der Waals surface area contributed by atoms with Gasteiger partial charge in [-0.2, -0.15) is 0 Å². The first-order chi connectivity index (χ1) is 27.6. The molecule has 2 saturated carbocycles. The molecular formula is C40H46N2O17. The Morgan fingerprint density at radius 3 is 2.10 bits per heavy atom. The lowest BCUT2D eigenvalue weighted by molar-refractivity contribution is -0.385. The number of carbonyl (C=O) groups is 7. The first kappa shape index (κ1) is 43.1. The highest BCUT2D eigenvalue weighted by Crippen LogP contribution is 2.70. The molecule has 2 aliphatic carbocycles. The molecule has 19 heteroatoms. The van der Waals surface area contributed by atoms with Gasteiger partial charge in [-0.3, -0.25) is 33.9 Å². The van der Waals surface area contributed by atoms with Crippen molar-refractivity contribution >= 4 is 41.8 Å². The Bertz CT molecular complexity index is 2040. The molecule has 2 aromatic heterocycles. The Morgan fingerprint density at radius 1 is 0.847 bits per heavy atom. The summed E-state index contributed by atoms with van der Waals surface area (Å²) >= 11 is 0. The maximum atomic E-state index is 14.3. The number of fused-ring (bicyclic) bond motifs is 5. The number of aliphatic hydroxyl groups excluding tert-OH is 1. The molecule has 2 N–H and O–H groups in total. The molecule has 2 aromatic rings. The summed E-state index contributed by atoms with van der Waals surface area (Å²) in [6.45, 7) is 7.72. The lowest BCUT2D eigenvalue weighted by Crippen LogP contribution is -2.89. The molecule has 318 valence electrons. The minimum atomic E-state index is -2.83. The Hall–Kier alpha value is -5.53. The Morgan fingerprint density at radius 2 is 1.49 bits per heavy atom. The van der Waals surface area contributed by atoms with E-state index in [9.17, 15) is 43.8 Å². The smallest absolute Gasteiger partial charge is 0.340 e.